The first-order valence-electron chi connectivity index (χ1n) is 9.33. The summed E-state index contributed by atoms with van der Waals surface area (Å²) < 4.78 is 31.0. The Morgan fingerprint density at radius 2 is 1.83 bits per heavy atom. The molecule has 8 heteroatoms. The van der Waals surface area contributed by atoms with Crippen molar-refractivity contribution in [3.8, 4) is 0 Å². The Morgan fingerprint density at radius 1 is 1.14 bits per heavy atom. The molecule has 0 unspecified atom stereocenters. The van der Waals surface area contributed by atoms with Crippen LogP contribution in [0.4, 0.5) is 0 Å². The molecule has 1 aromatic heterocycles. The molecule has 0 radical (unpaired) electrons. The zero-order chi connectivity index (χ0) is 21.1. The largest absolute Gasteiger partial charge is 0.462 e. The van der Waals surface area contributed by atoms with Gasteiger partial charge in [0.15, 0.2) is 0 Å². The summed E-state index contributed by atoms with van der Waals surface area (Å²) in [5.74, 6) is 0.512. The van der Waals surface area contributed by atoms with Crippen LogP contribution in [0.5, 0.6) is 0 Å². The van der Waals surface area contributed by atoms with Crippen LogP contribution in [0.15, 0.2) is 59.6 Å². The predicted molar refractivity (Wildman–Crippen MR) is 111 cm³/mol. The third kappa shape index (κ3) is 4.83. The van der Waals surface area contributed by atoms with Crippen LogP contribution in [0.3, 0.4) is 0 Å². The molecular formula is C21H25N3O4S. The van der Waals surface area contributed by atoms with Gasteiger partial charge >= 0.3 is 0 Å². The highest BCUT2D eigenvalue weighted by Crippen LogP contribution is 2.26. The summed E-state index contributed by atoms with van der Waals surface area (Å²) in [6.07, 6.45) is 1.62. The Bertz CT molecular complexity index is 1080. The average Bonchev–Trinajstić information content (AvgIpc) is 3.05. The standard InChI is InChI=1S/C16H15N3O2S.C5H10O2/c20-22(21,15-4-2-1-3-5-15)19-16-7-6-12(14-9-17-10-14)8-13(16)11-18-19;1-5(2,3)7-4-6/h1-8,11,14,17H,9-10H2;4H,1-3H3. The molecule has 1 N–H and O–H groups in total. The second-order valence-corrected chi connectivity index (χ2v) is 9.57. The van der Waals surface area contributed by atoms with E-state index in [9.17, 15) is 13.2 Å². The molecule has 2 aromatic carbocycles. The number of carbonyl (C=O) groups is 1. The van der Waals surface area contributed by atoms with Gasteiger partial charge in [0.2, 0.25) is 0 Å². The molecule has 3 aromatic rings. The zero-order valence-corrected chi connectivity index (χ0v) is 17.5. The molecule has 2 heterocycles. The molecule has 0 amide bonds. The highest BCUT2D eigenvalue weighted by Gasteiger charge is 2.22. The molecule has 0 aliphatic carbocycles. The summed E-state index contributed by atoms with van der Waals surface area (Å²) in [4.78, 5) is 9.84. The van der Waals surface area contributed by atoms with Crippen molar-refractivity contribution in [2.45, 2.75) is 37.2 Å². The van der Waals surface area contributed by atoms with Gasteiger partial charge in [-0.1, -0.05) is 24.3 Å². The lowest BCUT2D eigenvalue weighted by atomic mass is 9.93. The summed E-state index contributed by atoms with van der Waals surface area (Å²) in [7, 11) is -3.65. The normalized spacial score (nSPS) is 14.6. The fraction of sp³-hybridized carbons (Fsp3) is 0.333. The van der Waals surface area contributed by atoms with Crippen LogP contribution < -0.4 is 5.32 Å². The molecule has 1 saturated heterocycles. The summed E-state index contributed by atoms with van der Waals surface area (Å²) in [6.45, 7) is 7.87. The van der Waals surface area contributed by atoms with Crippen molar-refractivity contribution in [2.24, 2.45) is 0 Å². The Kier molecular flexibility index (Phi) is 6.04. The highest BCUT2D eigenvalue weighted by atomic mass is 32.2. The first kappa shape index (κ1) is 21.0. The Labute approximate surface area is 170 Å². The minimum Gasteiger partial charge on any atom is -0.462 e. The fourth-order valence-corrected chi connectivity index (χ4v) is 4.13. The number of hydrogen-bond donors (Lipinski definition) is 1. The summed E-state index contributed by atoms with van der Waals surface area (Å²) >= 11 is 0. The molecule has 1 fully saturated rings. The molecule has 0 bridgehead atoms. The molecule has 0 spiro atoms. The molecular weight excluding hydrogens is 390 g/mol. The van der Waals surface area contributed by atoms with Crippen LogP contribution in [-0.4, -0.2) is 42.8 Å². The van der Waals surface area contributed by atoms with Crippen molar-refractivity contribution in [3.05, 3.63) is 60.3 Å². The quantitative estimate of drug-likeness (QED) is 0.659. The van der Waals surface area contributed by atoms with Gasteiger partial charge in [-0.05, 0) is 50.6 Å². The Balaban J connectivity index is 0.000000298. The molecule has 29 heavy (non-hydrogen) atoms. The molecule has 1 aliphatic heterocycles. The number of rotatable bonds is 4. The molecule has 1 aliphatic rings. The van der Waals surface area contributed by atoms with Crippen LogP contribution in [-0.2, 0) is 19.6 Å². The van der Waals surface area contributed by atoms with Crippen molar-refractivity contribution < 1.29 is 17.9 Å². The number of carbonyl (C=O) groups excluding carboxylic acids is 1. The lowest BCUT2D eigenvalue weighted by Crippen LogP contribution is -2.39. The highest BCUT2D eigenvalue weighted by molar-refractivity contribution is 7.90. The molecule has 154 valence electrons. The summed E-state index contributed by atoms with van der Waals surface area (Å²) in [5.41, 5.74) is 1.52. The van der Waals surface area contributed by atoms with Crippen LogP contribution in [0.1, 0.15) is 32.3 Å². The summed E-state index contributed by atoms with van der Waals surface area (Å²) in [5, 5.41) is 8.19. The van der Waals surface area contributed by atoms with Gasteiger partial charge in [-0.15, -0.1) is 0 Å². The minimum atomic E-state index is -3.65. The van der Waals surface area contributed by atoms with Crippen LogP contribution in [0.2, 0.25) is 0 Å². The first-order valence-corrected chi connectivity index (χ1v) is 10.8. The van der Waals surface area contributed by atoms with E-state index in [1.165, 1.54) is 5.56 Å². The van der Waals surface area contributed by atoms with E-state index in [-0.39, 0.29) is 10.5 Å². The van der Waals surface area contributed by atoms with Gasteiger partial charge in [-0.25, -0.2) is 0 Å². The molecule has 7 nitrogen and oxygen atoms in total. The van der Waals surface area contributed by atoms with E-state index in [4.69, 9.17) is 0 Å². The Morgan fingerprint density at radius 3 is 2.34 bits per heavy atom. The SMILES string of the molecule is CC(C)(C)OC=O.O=S(=O)(c1ccccc1)n1ncc2cc(C3CNC3)ccc21. The number of aromatic nitrogens is 2. The maximum atomic E-state index is 12.7. The predicted octanol–water partition coefficient (Wildman–Crippen LogP) is 2.92. The monoisotopic (exact) mass is 415 g/mol. The summed E-state index contributed by atoms with van der Waals surface area (Å²) in [6, 6.07) is 14.2. The van der Waals surface area contributed by atoms with E-state index in [0.29, 0.717) is 17.9 Å². The number of hydrogen-bond acceptors (Lipinski definition) is 6. The number of fused-ring (bicyclic) bond motifs is 1. The average molecular weight is 416 g/mol. The van der Waals surface area contributed by atoms with Gasteiger partial charge in [-0.3, -0.25) is 4.79 Å². The molecule has 0 saturated carbocycles. The minimum absolute atomic E-state index is 0.243. The van der Waals surface area contributed by atoms with E-state index in [1.807, 2.05) is 39.0 Å². The van der Waals surface area contributed by atoms with Crippen molar-refractivity contribution in [1.82, 2.24) is 14.5 Å². The number of benzene rings is 2. The van der Waals surface area contributed by atoms with E-state index in [1.54, 1.807) is 36.5 Å². The smallest absolute Gasteiger partial charge is 0.293 e. The maximum absolute atomic E-state index is 12.7. The van der Waals surface area contributed by atoms with Gasteiger partial charge in [0.1, 0.15) is 5.60 Å². The van der Waals surface area contributed by atoms with Gasteiger partial charge in [-0.2, -0.15) is 17.6 Å². The number of ether oxygens (including phenoxy) is 1. The zero-order valence-electron chi connectivity index (χ0n) is 16.7. The Hall–Kier alpha value is -2.71. The van der Waals surface area contributed by atoms with Crippen molar-refractivity contribution in [3.63, 3.8) is 0 Å². The van der Waals surface area contributed by atoms with E-state index in [2.05, 4.69) is 15.2 Å². The lowest BCUT2D eigenvalue weighted by Gasteiger charge is -2.27. The van der Waals surface area contributed by atoms with Gasteiger partial charge in [0.25, 0.3) is 16.5 Å². The first-order chi connectivity index (χ1) is 13.7. The third-order valence-electron chi connectivity index (χ3n) is 4.48. The van der Waals surface area contributed by atoms with Crippen molar-refractivity contribution >= 4 is 27.4 Å². The second kappa shape index (κ2) is 8.34. The van der Waals surface area contributed by atoms with Crippen LogP contribution in [0, 0.1) is 0 Å². The number of nitrogens with zero attached hydrogens (tertiary/aromatic N) is 2. The van der Waals surface area contributed by atoms with Gasteiger partial charge < -0.3 is 10.1 Å². The molecule has 4 rings (SSSR count). The van der Waals surface area contributed by atoms with Gasteiger partial charge in [0, 0.05) is 24.4 Å². The van der Waals surface area contributed by atoms with Crippen LogP contribution >= 0.6 is 0 Å². The number of nitrogens with one attached hydrogen (secondary N) is 1. The van der Waals surface area contributed by atoms with Gasteiger partial charge in [0.05, 0.1) is 16.6 Å². The van der Waals surface area contributed by atoms with E-state index < -0.39 is 10.0 Å². The topological polar surface area (TPSA) is 90.3 Å². The lowest BCUT2D eigenvalue weighted by molar-refractivity contribution is -0.138. The molecule has 0 atom stereocenters. The third-order valence-corrected chi connectivity index (χ3v) is 6.10. The van der Waals surface area contributed by atoms with E-state index in [0.717, 1.165) is 22.6 Å². The van der Waals surface area contributed by atoms with Crippen molar-refractivity contribution in [2.75, 3.05) is 13.1 Å². The van der Waals surface area contributed by atoms with Crippen LogP contribution in [0.25, 0.3) is 10.9 Å². The fourth-order valence-electron chi connectivity index (χ4n) is 2.83. The second-order valence-electron chi connectivity index (χ2n) is 7.81. The van der Waals surface area contributed by atoms with Crippen molar-refractivity contribution in [1.29, 1.82) is 0 Å². The maximum Gasteiger partial charge on any atom is 0.293 e. The van der Waals surface area contributed by atoms with E-state index >= 15 is 0 Å².